The molecule has 0 aliphatic carbocycles. The number of aromatic nitrogens is 2. The molecule has 3 rings (SSSR count). The minimum Gasteiger partial charge on any atom is -0.317 e. The van der Waals surface area contributed by atoms with Crippen molar-refractivity contribution in [3.63, 3.8) is 0 Å². The minimum atomic E-state index is 0.0217. The first-order valence-electron chi connectivity index (χ1n) is 5.78. The van der Waals surface area contributed by atoms with Crippen molar-refractivity contribution in [2.24, 2.45) is 7.05 Å². The zero-order valence-electron chi connectivity index (χ0n) is 10.5. The van der Waals surface area contributed by atoms with E-state index in [2.05, 4.69) is 4.98 Å². The number of rotatable bonds is 1. The third-order valence-corrected chi connectivity index (χ3v) is 4.22. The Bertz CT molecular complexity index is 835. The van der Waals surface area contributed by atoms with Crippen LogP contribution in [0.15, 0.2) is 34.6 Å². The van der Waals surface area contributed by atoms with E-state index in [9.17, 15) is 4.79 Å². The summed E-state index contributed by atoms with van der Waals surface area (Å²) in [5.74, 6) is 0. The fraction of sp³-hybridized carbons (Fsp3) is 0.143. The number of hydrogen-bond donors (Lipinski definition) is 0. The van der Waals surface area contributed by atoms with Gasteiger partial charge in [0.15, 0.2) is 0 Å². The first-order valence-corrected chi connectivity index (χ1v) is 7.04. The van der Waals surface area contributed by atoms with Crippen molar-refractivity contribution in [1.29, 1.82) is 0 Å². The molecule has 0 spiro atoms. The Hall–Kier alpha value is -1.65. The average Bonchev–Trinajstić information content (AvgIpc) is 2.86. The molecule has 0 fully saturated rings. The van der Waals surface area contributed by atoms with Crippen LogP contribution in [-0.2, 0) is 7.05 Å². The first kappa shape index (κ1) is 12.4. The van der Waals surface area contributed by atoms with E-state index in [1.165, 1.54) is 11.3 Å². The van der Waals surface area contributed by atoms with Crippen LogP contribution >= 0.6 is 22.9 Å². The van der Waals surface area contributed by atoms with Gasteiger partial charge in [0.25, 0.3) is 5.56 Å². The standard InChI is InChI=1S/C14H11ClN2OS/c1-8-3-4-11(15)16-12(8)10-7-17(2)14(18)13-9(10)5-6-19-13/h3-7H,1-2H3. The van der Waals surface area contributed by atoms with E-state index in [0.29, 0.717) is 5.15 Å². The van der Waals surface area contributed by atoms with Crippen LogP contribution in [0.25, 0.3) is 21.3 Å². The molecule has 3 aromatic heterocycles. The lowest BCUT2D eigenvalue weighted by Crippen LogP contribution is -2.15. The molecule has 0 bridgehead atoms. The van der Waals surface area contributed by atoms with Gasteiger partial charge in [-0.15, -0.1) is 11.3 Å². The highest BCUT2D eigenvalue weighted by Crippen LogP contribution is 2.30. The molecule has 0 aliphatic rings. The third-order valence-electron chi connectivity index (χ3n) is 3.11. The molecular formula is C14H11ClN2OS. The average molecular weight is 291 g/mol. The lowest BCUT2D eigenvalue weighted by atomic mass is 10.1. The Morgan fingerprint density at radius 3 is 2.89 bits per heavy atom. The van der Waals surface area contributed by atoms with E-state index in [-0.39, 0.29) is 5.56 Å². The maximum Gasteiger partial charge on any atom is 0.268 e. The van der Waals surface area contributed by atoms with Gasteiger partial charge in [-0.25, -0.2) is 4.98 Å². The number of pyridine rings is 2. The van der Waals surface area contributed by atoms with Gasteiger partial charge in [0.1, 0.15) is 9.85 Å². The maximum absolute atomic E-state index is 12.1. The number of fused-ring (bicyclic) bond motifs is 1. The van der Waals surface area contributed by atoms with Crippen LogP contribution in [0.2, 0.25) is 5.15 Å². The van der Waals surface area contributed by atoms with E-state index in [1.807, 2.05) is 30.6 Å². The number of thiophene rings is 1. The smallest absolute Gasteiger partial charge is 0.268 e. The molecular weight excluding hydrogens is 280 g/mol. The number of halogens is 1. The molecule has 19 heavy (non-hydrogen) atoms. The Kier molecular flexibility index (Phi) is 2.92. The summed E-state index contributed by atoms with van der Waals surface area (Å²) in [4.78, 5) is 16.4. The third kappa shape index (κ3) is 1.97. The van der Waals surface area contributed by atoms with E-state index in [1.54, 1.807) is 17.7 Å². The summed E-state index contributed by atoms with van der Waals surface area (Å²) in [5, 5.41) is 3.32. The molecule has 0 aliphatic heterocycles. The fourth-order valence-corrected chi connectivity index (χ4v) is 3.17. The second kappa shape index (κ2) is 4.47. The van der Waals surface area contributed by atoms with Crippen LogP contribution in [0.3, 0.4) is 0 Å². The van der Waals surface area contributed by atoms with E-state index >= 15 is 0 Å². The molecule has 3 nitrogen and oxygen atoms in total. The van der Waals surface area contributed by atoms with E-state index < -0.39 is 0 Å². The maximum atomic E-state index is 12.1. The Labute approximate surface area is 119 Å². The lowest BCUT2D eigenvalue weighted by Gasteiger charge is -2.09. The summed E-state index contributed by atoms with van der Waals surface area (Å²) >= 11 is 7.44. The van der Waals surface area contributed by atoms with Crippen LogP contribution in [0.5, 0.6) is 0 Å². The van der Waals surface area contributed by atoms with Gasteiger partial charge in [-0.2, -0.15) is 0 Å². The zero-order chi connectivity index (χ0) is 13.6. The molecule has 0 N–H and O–H groups in total. The molecule has 0 aromatic carbocycles. The highest BCUT2D eigenvalue weighted by atomic mass is 35.5. The molecule has 0 unspecified atom stereocenters. The molecule has 0 amide bonds. The van der Waals surface area contributed by atoms with Crippen LogP contribution in [0.1, 0.15) is 5.56 Å². The minimum absolute atomic E-state index is 0.0217. The van der Waals surface area contributed by atoms with Crippen molar-refractivity contribution in [2.45, 2.75) is 6.92 Å². The van der Waals surface area contributed by atoms with Gasteiger partial charge in [-0.05, 0) is 30.0 Å². The molecule has 3 heterocycles. The number of nitrogens with zero attached hydrogens (tertiary/aromatic N) is 2. The zero-order valence-corrected chi connectivity index (χ0v) is 12.0. The number of hydrogen-bond acceptors (Lipinski definition) is 3. The van der Waals surface area contributed by atoms with Crippen molar-refractivity contribution >= 4 is 33.0 Å². The van der Waals surface area contributed by atoms with E-state index in [0.717, 1.165) is 26.9 Å². The highest BCUT2D eigenvalue weighted by molar-refractivity contribution is 7.17. The Balaban J connectivity index is 2.43. The lowest BCUT2D eigenvalue weighted by molar-refractivity contribution is 0.876. The van der Waals surface area contributed by atoms with Crippen LogP contribution in [-0.4, -0.2) is 9.55 Å². The second-order valence-electron chi connectivity index (χ2n) is 4.42. The largest absolute Gasteiger partial charge is 0.317 e. The van der Waals surface area contributed by atoms with Crippen LogP contribution < -0.4 is 5.56 Å². The normalized spacial score (nSPS) is 11.1. The summed E-state index contributed by atoms with van der Waals surface area (Å²) in [6, 6.07) is 5.67. The Morgan fingerprint density at radius 2 is 2.11 bits per heavy atom. The highest BCUT2D eigenvalue weighted by Gasteiger charge is 2.13. The second-order valence-corrected chi connectivity index (χ2v) is 5.73. The first-order chi connectivity index (χ1) is 9.08. The fourth-order valence-electron chi connectivity index (χ4n) is 2.14. The van der Waals surface area contributed by atoms with Gasteiger partial charge in [0.05, 0.1) is 5.69 Å². The predicted molar refractivity (Wildman–Crippen MR) is 80.0 cm³/mol. The summed E-state index contributed by atoms with van der Waals surface area (Å²) in [6.07, 6.45) is 1.82. The molecule has 3 aromatic rings. The van der Waals surface area contributed by atoms with Crippen molar-refractivity contribution in [1.82, 2.24) is 9.55 Å². The topological polar surface area (TPSA) is 34.9 Å². The molecule has 0 saturated heterocycles. The van der Waals surface area contributed by atoms with Gasteiger partial charge in [0, 0.05) is 24.2 Å². The quantitative estimate of drug-likeness (QED) is 0.642. The SMILES string of the molecule is Cc1ccc(Cl)nc1-c1cn(C)c(=O)c2sccc12. The molecule has 0 atom stereocenters. The van der Waals surface area contributed by atoms with Gasteiger partial charge >= 0.3 is 0 Å². The molecule has 96 valence electrons. The molecule has 5 heteroatoms. The molecule has 0 saturated carbocycles. The van der Waals surface area contributed by atoms with Crippen LogP contribution in [0.4, 0.5) is 0 Å². The van der Waals surface area contributed by atoms with Gasteiger partial charge < -0.3 is 4.57 Å². The molecule has 0 radical (unpaired) electrons. The van der Waals surface area contributed by atoms with Crippen LogP contribution in [0, 0.1) is 6.92 Å². The predicted octanol–water partition coefficient (Wildman–Crippen LogP) is 3.62. The summed E-state index contributed by atoms with van der Waals surface area (Å²) < 4.78 is 2.34. The van der Waals surface area contributed by atoms with E-state index in [4.69, 9.17) is 11.6 Å². The number of aryl methyl sites for hydroxylation is 2. The van der Waals surface area contributed by atoms with Crippen molar-refractivity contribution in [2.75, 3.05) is 0 Å². The van der Waals surface area contributed by atoms with Gasteiger partial charge in [-0.3, -0.25) is 4.79 Å². The Morgan fingerprint density at radius 1 is 1.32 bits per heavy atom. The monoisotopic (exact) mass is 290 g/mol. The van der Waals surface area contributed by atoms with Gasteiger partial charge in [0.2, 0.25) is 0 Å². The van der Waals surface area contributed by atoms with Crippen molar-refractivity contribution in [3.8, 4) is 11.3 Å². The summed E-state index contributed by atoms with van der Waals surface area (Å²) in [7, 11) is 1.75. The van der Waals surface area contributed by atoms with Crippen molar-refractivity contribution in [3.05, 3.63) is 50.8 Å². The van der Waals surface area contributed by atoms with Gasteiger partial charge in [-0.1, -0.05) is 17.7 Å². The summed E-state index contributed by atoms with van der Waals surface area (Å²) in [5.41, 5.74) is 2.83. The summed E-state index contributed by atoms with van der Waals surface area (Å²) in [6.45, 7) is 1.99. The van der Waals surface area contributed by atoms with Crippen molar-refractivity contribution < 1.29 is 0 Å².